The van der Waals surface area contributed by atoms with E-state index in [4.69, 9.17) is 0 Å². The number of hydrogen-bond donors (Lipinski definition) is 0. The van der Waals surface area contributed by atoms with Gasteiger partial charge in [0.2, 0.25) is 0 Å². The van der Waals surface area contributed by atoms with Crippen molar-refractivity contribution in [3.63, 3.8) is 0 Å². The number of benzene rings is 1. The van der Waals surface area contributed by atoms with Gasteiger partial charge in [0.25, 0.3) is 5.56 Å². The molecule has 0 N–H and O–H groups in total. The Morgan fingerprint density at radius 1 is 1.27 bits per heavy atom. The van der Waals surface area contributed by atoms with E-state index in [-0.39, 0.29) is 5.56 Å². The zero-order valence-corrected chi connectivity index (χ0v) is 14.3. The first-order chi connectivity index (χ1) is 10.7. The molecule has 1 aliphatic rings. The topological polar surface area (TPSA) is 47.8 Å². The van der Waals surface area contributed by atoms with Crippen molar-refractivity contribution in [2.75, 3.05) is 0 Å². The molecule has 22 heavy (non-hydrogen) atoms. The Morgan fingerprint density at radius 3 is 3.00 bits per heavy atom. The molecule has 0 unspecified atom stereocenters. The van der Waals surface area contributed by atoms with E-state index in [1.165, 1.54) is 21.5 Å². The van der Waals surface area contributed by atoms with Crippen LogP contribution in [-0.4, -0.2) is 15.0 Å². The molecule has 1 aliphatic carbocycles. The Bertz CT molecular complexity index is 915. The third-order valence-electron chi connectivity index (χ3n) is 4.07. The van der Waals surface area contributed by atoms with Gasteiger partial charge in [-0.15, -0.1) is 16.4 Å². The van der Waals surface area contributed by atoms with Crippen LogP contribution in [0, 0.1) is 0 Å². The number of fused-ring (bicyclic) bond motifs is 3. The average molecular weight is 376 g/mol. The van der Waals surface area contributed by atoms with Crippen molar-refractivity contribution in [3.8, 4) is 0 Å². The summed E-state index contributed by atoms with van der Waals surface area (Å²) in [4.78, 5) is 14.9. The molecule has 0 spiro atoms. The quantitative estimate of drug-likeness (QED) is 0.687. The van der Waals surface area contributed by atoms with Crippen LogP contribution in [0.4, 0.5) is 0 Å². The van der Waals surface area contributed by atoms with Gasteiger partial charge < -0.3 is 0 Å². The summed E-state index contributed by atoms with van der Waals surface area (Å²) in [6.45, 7) is 0.450. The first-order valence-corrected chi connectivity index (χ1v) is 8.96. The summed E-state index contributed by atoms with van der Waals surface area (Å²) in [7, 11) is 0. The maximum atomic E-state index is 12.8. The summed E-state index contributed by atoms with van der Waals surface area (Å²) in [5.41, 5.74) is 2.24. The standard InChI is InChI=1S/C16H14BrN3OS/c17-11-5-3-4-10(8-11)9-20-16(21)14-12-6-1-2-7-13(12)22-15(14)18-19-20/h3-5,8H,1-2,6-7,9H2. The predicted octanol–water partition coefficient (Wildman–Crippen LogP) is 3.54. The van der Waals surface area contributed by atoms with Crippen LogP contribution < -0.4 is 5.56 Å². The number of hydrogen-bond acceptors (Lipinski definition) is 4. The normalized spacial score (nSPS) is 14.2. The highest BCUT2D eigenvalue weighted by Crippen LogP contribution is 2.33. The van der Waals surface area contributed by atoms with Gasteiger partial charge in [0.05, 0.1) is 11.9 Å². The molecule has 2 aromatic heterocycles. The Morgan fingerprint density at radius 2 is 2.14 bits per heavy atom. The number of thiophene rings is 1. The minimum atomic E-state index is -0.00984. The SMILES string of the molecule is O=c1c2c3c(sc2nnn1Cc1cccc(Br)c1)CCCC3. The second-order valence-corrected chi connectivity index (χ2v) is 7.57. The van der Waals surface area contributed by atoms with Gasteiger partial charge in [0, 0.05) is 9.35 Å². The molecule has 0 fully saturated rings. The lowest BCUT2D eigenvalue weighted by Crippen LogP contribution is -2.25. The first-order valence-electron chi connectivity index (χ1n) is 7.35. The molecule has 4 rings (SSSR count). The van der Waals surface area contributed by atoms with Gasteiger partial charge in [-0.3, -0.25) is 4.79 Å². The zero-order valence-electron chi connectivity index (χ0n) is 11.9. The second-order valence-electron chi connectivity index (χ2n) is 5.57. The lowest BCUT2D eigenvalue weighted by molar-refractivity contribution is 0.600. The van der Waals surface area contributed by atoms with E-state index in [9.17, 15) is 4.79 Å². The van der Waals surface area contributed by atoms with Crippen molar-refractivity contribution in [3.05, 3.63) is 55.1 Å². The Balaban J connectivity index is 1.82. The molecule has 0 bridgehead atoms. The van der Waals surface area contributed by atoms with Crippen molar-refractivity contribution >= 4 is 37.5 Å². The summed E-state index contributed by atoms with van der Waals surface area (Å²) >= 11 is 5.09. The average Bonchev–Trinajstić information content (AvgIpc) is 2.89. The number of nitrogens with zero attached hydrogens (tertiary/aromatic N) is 3. The molecule has 0 saturated heterocycles. The van der Waals surface area contributed by atoms with Crippen molar-refractivity contribution in [1.82, 2.24) is 15.0 Å². The number of aryl methyl sites for hydroxylation is 2. The maximum Gasteiger partial charge on any atom is 0.279 e. The van der Waals surface area contributed by atoms with E-state index < -0.39 is 0 Å². The van der Waals surface area contributed by atoms with E-state index in [0.717, 1.165) is 39.5 Å². The summed E-state index contributed by atoms with van der Waals surface area (Å²) in [6, 6.07) is 7.92. The van der Waals surface area contributed by atoms with Crippen LogP contribution in [0.2, 0.25) is 0 Å². The summed E-state index contributed by atoms with van der Waals surface area (Å²) in [5.74, 6) is 0. The van der Waals surface area contributed by atoms with E-state index in [1.807, 2.05) is 24.3 Å². The van der Waals surface area contributed by atoms with E-state index in [2.05, 4.69) is 26.2 Å². The second kappa shape index (κ2) is 5.59. The number of halogens is 1. The molecule has 0 saturated carbocycles. The third kappa shape index (κ3) is 2.40. The molecule has 1 aromatic carbocycles. The Labute approximate surface area is 139 Å². The van der Waals surface area contributed by atoms with Crippen LogP contribution in [0.25, 0.3) is 10.2 Å². The molecule has 112 valence electrons. The molecule has 0 aliphatic heterocycles. The fourth-order valence-corrected chi connectivity index (χ4v) is 4.66. The molecule has 0 amide bonds. The van der Waals surface area contributed by atoms with Crippen LogP contribution in [0.5, 0.6) is 0 Å². The van der Waals surface area contributed by atoms with Gasteiger partial charge in [-0.05, 0) is 48.9 Å². The van der Waals surface area contributed by atoms with Crippen LogP contribution in [0.1, 0.15) is 28.8 Å². The molecule has 6 heteroatoms. The van der Waals surface area contributed by atoms with Crippen molar-refractivity contribution in [1.29, 1.82) is 0 Å². The predicted molar refractivity (Wildman–Crippen MR) is 91.6 cm³/mol. The van der Waals surface area contributed by atoms with Gasteiger partial charge in [-0.2, -0.15) is 0 Å². The molecule has 3 aromatic rings. The fraction of sp³-hybridized carbons (Fsp3) is 0.312. The lowest BCUT2D eigenvalue weighted by atomic mass is 9.97. The highest BCUT2D eigenvalue weighted by molar-refractivity contribution is 9.10. The van der Waals surface area contributed by atoms with Crippen molar-refractivity contribution in [2.45, 2.75) is 32.2 Å². The molecule has 0 atom stereocenters. The minimum absolute atomic E-state index is 0.00984. The Hall–Kier alpha value is -1.53. The lowest BCUT2D eigenvalue weighted by Gasteiger charge is -2.10. The van der Waals surface area contributed by atoms with Crippen molar-refractivity contribution in [2.24, 2.45) is 0 Å². The molecule has 2 heterocycles. The van der Waals surface area contributed by atoms with Crippen LogP contribution in [0.3, 0.4) is 0 Å². The molecule has 0 radical (unpaired) electrons. The number of aromatic nitrogens is 3. The van der Waals surface area contributed by atoms with E-state index in [0.29, 0.717) is 6.54 Å². The first kappa shape index (κ1) is 14.1. The van der Waals surface area contributed by atoms with E-state index >= 15 is 0 Å². The highest BCUT2D eigenvalue weighted by atomic mass is 79.9. The molecule has 4 nitrogen and oxygen atoms in total. The summed E-state index contributed by atoms with van der Waals surface area (Å²) in [5, 5.41) is 9.21. The fourth-order valence-electron chi connectivity index (χ4n) is 3.02. The van der Waals surface area contributed by atoms with Crippen molar-refractivity contribution < 1.29 is 0 Å². The van der Waals surface area contributed by atoms with Gasteiger partial charge in [-0.25, -0.2) is 4.68 Å². The van der Waals surface area contributed by atoms with E-state index in [1.54, 1.807) is 11.3 Å². The summed E-state index contributed by atoms with van der Waals surface area (Å²) < 4.78 is 2.48. The van der Waals surface area contributed by atoms with Gasteiger partial charge in [0.1, 0.15) is 0 Å². The monoisotopic (exact) mass is 375 g/mol. The smallest absolute Gasteiger partial charge is 0.267 e. The molecular weight excluding hydrogens is 362 g/mol. The van der Waals surface area contributed by atoms with Crippen LogP contribution in [-0.2, 0) is 19.4 Å². The summed E-state index contributed by atoms with van der Waals surface area (Å²) in [6.07, 6.45) is 4.43. The number of rotatable bonds is 2. The minimum Gasteiger partial charge on any atom is -0.267 e. The maximum absolute atomic E-state index is 12.8. The third-order valence-corrected chi connectivity index (χ3v) is 5.74. The molecular formula is C16H14BrN3OS. The van der Waals surface area contributed by atoms with Gasteiger partial charge in [-0.1, -0.05) is 33.3 Å². The van der Waals surface area contributed by atoms with Gasteiger partial charge >= 0.3 is 0 Å². The largest absolute Gasteiger partial charge is 0.279 e. The zero-order chi connectivity index (χ0) is 15.1. The van der Waals surface area contributed by atoms with Gasteiger partial charge in [0.15, 0.2) is 4.83 Å². The van der Waals surface area contributed by atoms with Crippen LogP contribution in [0.15, 0.2) is 33.5 Å². The Kier molecular flexibility index (Phi) is 3.58. The highest BCUT2D eigenvalue weighted by Gasteiger charge is 2.20. The van der Waals surface area contributed by atoms with Crippen LogP contribution >= 0.6 is 27.3 Å².